The number of aromatic nitrogens is 3. The van der Waals surface area contributed by atoms with Gasteiger partial charge in [-0.25, -0.2) is 4.79 Å². The summed E-state index contributed by atoms with van der Waals surface area (Å²) in [6.07, 6.45) is 0.665. The van der Waals surface area contributed by atoms with Gasteiger partial charge < -0.3 is 15.4 Å². The lowest BCUT2D eigenvalue weighted by atomic mass is 10.1. The molecule has 7 nitrogen and oxygen atoms in total. The molecule has 4 N–H and O–H groups in total. The summed E-state index contributed by atoms with van der Waals surface area (Å²) in [5.41, 5.74) is 7.42. The molecule has 1 aromatic carbocycles. The van der Waals surface area contributed by atoms with Crippen LogP contribution in [0.1, 0.15) is 22.5 Å². The highest BCUT2D eigenvalue weighted by atomic mass is 16.4. The maximum absolute atomic E-state index is 12.7. The van der Waals surface area contributed by atoms with E-state index in [4.69, 9.17) is 5.73 Å². The van der Waals surface area contributed by atoms with Gasteiger partial charge >= 0.3 is 5.97 Å². The van der Waals surface area contributed by atoms with E-state index >= 15 is 0 Å². The molecular formula is C15H16N4O3. The number of H-pyrrole nitrogens is 1. The molecule has 0 saturated heterocycles. The minimum atomic E-state index is -1.01. The van der Waals surface area contributed by atoms with Crippen molar-refractivity contribution in [3.63, 3.8) is 0 Å². The van der Waals surface area contributed by atoms with Gasteiger partial charge in [-0.3, -0.25) is 9.89 Å². The SMILES string of the molecule is Cc1[nH]nc2c1c(=O)n(CCCN)c1ccc(C(=O)O)cc21. The number of rotatable bonds is 4. The van der Waals surface area contributed by atoms with Crippen molar-refractivity contribution in [3.8, 4) is 0 Å². The molecule has 0 saturated carbocycles. The minimum Gasteiger partial charge on any atom is -0.478 e. The summed E-state index contributed by atoms with van der Waals surface area (Å²) < 4.78 is 1.64. The van der Waals surface area contributed by atoms with Gasteiger partial charge in [0.2, 0.25) is 0 Å². The lowest BCUT2D eigenvalue weighted by Crippen LogP contribution is -2.22. The fourth-order valence-electron chi connectivity index (χ4n) is 2.70. The van der Waals surface area contributed by atoms with Gasteiger partial charge in [-0.1, -0.05) is 0 Å². The lowest BCUT2D eigenvalue weighted by molar-refractivity contribution is 0.0697. The predicted octanol–water partition coefficient (Wildman–Crippen LogP) is 1.23. The number of carboxylic acid groups (broad SMARTS) is 1. The first-order chi connectivity index (χ1) is 10.5. The standard InChI is InChI=1S/C15H16N4O3/c1-8-12-13(18-17-8)10-7-9(15(21)22)3-4-11(10)19(14(12)20)6-2-5-16/h3-4,7H,2,5-6,16H2,1H3,(H,17,18)(H,21,22). The number of carbonyl (C=O) groups is 1. The molecule has 3 aromatic rings. The topological polar surface area (TPSA) is 114 Å². The number of nitrogens with two attached hydrogens (primary N) is 1. The number of aromatic carboxylic acids is 1. The molecule has 0 aliphatic heterocycles. The third-order valence-corrected chi connectivity index (χ3v) is 3.78. The van der Waals surface area contributed by atoms with Gasteiger partial charge in [-0.05, 0) is 38.1 Å². The maximum Gasteiger partial charge on any atom is 0.335 e. The molecule has 3 rings (SSSR count). The van der Waals surface area contributed by atoms with E-state index in [0.29, 0.717) is 47.0 Å². The van der Waals surface area contributed by atoms with E-state index in [0.717, 1.165) is 0 Å². The zero-order valence-electron chi connectivity index (χ0n) is 12.1. The largest absolute Gasteiger partial charge is 0.478 e. The number of carboxylic acids is 1. The Morgan fingerprint density at radius 2 is 2.23 bits per heavy atom. The molecule has 2 aromatic heterocycles. The monoisotopic (exact) mass is 300 g/mol. The summed E-state index contributed by atoms with van der Waals surface area (Å²) in [5, 5.41) is 17.3. The molecular weight excluding hydrogens is 284 g/mol. The summed E-state index contributed by atoms with van der Waals surface area (Å²) >= 11 is 0. The molecule has 0 aliphatic rings. The minimum absolute atomic E-state index is 0.134. The van der Waals surface area contributed by atoms with Gasteiger partial charge in [0.15, 0.2) is 0 Å². The maximum atomic E-state index is 12.7. The number of aromatic amines is 1. The molecule has 0 radical (unpaired) electrons. The summed E-state index contributed by atoms with van der Waals surface area (Å²) in [5.74, 6) is -1.01. The van der Waals surface area contributed by atoms with Gasteiger partial charge in [0, 0.05) is 17.6 Å². The molecule has 0 aliphatic carbocycles. The number of pyridine rings is 1. The Labute approximate surface area is 125 Å². The number of aryl methyl sites for hydroxylation is 2. The molecule has 0 atom stereocenters. The second-order valence-corrected chi connectivity index (χ2v) is 5.21. The first kappa shape index (κ1) is 14.3. The number of benzene rings is 1. The number of nitrogens with one attached hydrogen (secondary N) is 1. The zero-order valence-corrected chi connectivity index (χ0v) is 12.1. The van der Waals surface area contributed by atoms with Crippen LogP contribution in [0, 0.1) is 6.92 Å². The predicted molar refractivity (Wildman–Crippen MR) is 83.2 cm³/mol. The molecule has 7 heteroatoms. The second-order valence-electron chi connectivity index (χ2n) is 5.21. The highest BCUT2D eigenvalue weighted by Crippen LogP contribution is 2.24. The van der Waals surface area contributed by atoms with Gasteiger partial charge in [-0.15, -0.1) is 0 Å². The van der Waals surface area contributed by atoms with Gasteiger partial charge in [-0.2, -0.15) is 5.10 Å². The quantitative estimate of drug-likeness (QED) is 0.670. The number of fused-ring (bicyclic) bond motifs is 3. The van der Waals surface area contributed by atoms with Crippen LogP contribution in [0.3, 0.4) is 0 Å². The number of nitrogens with zero attached hydrogens (tertiary/aromatic N) is 2. The molecule has 0 spiro atoms. The Morgan fingerprint density at radius 1 is 1.45 bits per heavy atom. The van der Waals surface area contributed by atoms with Crippen LogP contribution in [0.4, 0.5) is 0 Å². The van der Waals surface area contributed by atoms with E-state index in [1.807, 2.05) is 0 Å². The van der Waals surface area contributed by atoms with Crippen molar-refractivity contribution in [2.75, 3.05) is 6.54 Å². The van der Waals surface area contributed by atoms with Gasteiger partial charge in [0.1, 0.15) is 5.52 Å². The van der Waals surface area contributed by atoms with Crippen molar-refractivity contribution >= 4 is 27.8 Å². The lowest BCUT2D eigenvalue weighted by Gasteiger charge is -2.11. The second kappa shape index (κ2) is 5.27. The molecule has 0 amide bonds. The highest BCUT2D eigenvalue weighted by Gasteiger charge is 2.16. The van der Waals surface area contributed by atoms with Crippen LogP contribution in [0.25, 0.3) is 21.8 Å². The van der Waals surface area contributed by atoms with Crippen LogP contribution < -0.4 is 11.3 Å². The van der Waals surface area contributed by atoms with Crippen LogP contribution in [0.5, 0.6) is 0 Å². The Bertz CT molecular complexity index is 939. The Hall–Kier alpha value is -2.67. The van der Waals surface area contributed by atoms with E-state index in [9.17, 15) is 14.7 Å². The Kier molecular flexibility index (Phi) is 3.42. The molecule has 0 bridgehead atoms. The third-order valence-electron chi connectivity index (χ3n) is 3.78. The highest BCUT2D eigenvalue weighted by molar-refractivity contribution is 6.06. The van der Waals surface area contributed by atoms with E-state index in [-0.39, 0.29) is 11.1 Å². The van der Waals surface area contributed by atoms with Crippen molar-refractivity contribution in [1.82, 2.24) is 14.8 Å². The average Bonchev–Trinajstić information content (AvgIpc) is 2.89. The molecule has 0 fully saturated rings. The van der Waals surface area contributed by atoms with Crippen molar-refractivity contribution in [2.24, 2.45) is 5.73 Å². The number of hydrogen-bond donors (Lipinski definition) is 3. The van der Waals surface area contributed by atoms with Crippen LogP contribution >= 0.6 is 0 Å². The first-order valence-corrected chi connectivity index (χ1v) is 6.99. The first-order valence-electron chi connectivity index (χ1n) is 6.99. The summed E-state index contributed by atoms with van der Waals surface area (Å²) in [4.78, 5) is 23.9. The van der Waals surface area contributed by atoms with Crippen LogP contribution in [-0.4, -0.2) is 32.4 Å². The Balaban J connectivity index is 2.44. The zero-order chi connectivity index (χ0) is 15.9. The van der Waals surface area contributed by atoms with Crippen LogP contribution in [0.2, 0.25) is 0 Å². The Morgan fingerprint density at radius 3 is 2.91 bits per heavy atom. The summed E-state index contributed by atoms with van der Waals surface area (Å²) in [7, 11) is 0. The van der Waals surface area contributed by atoms with Gasteiger partial charge in [0.05, 0.1) is 16.5 Å². The average molecular weight is 300 g/mol. The molecule has 0 unspecified atom stereocenters. The fraction of sp³-hybridized carbons (Fsp3) is 0.267. The smallest absolute Gasteiger partial charge is 0.335 e. The molecule has 22 heavy (non-hydrogen) atoms. The fourth-order valence-corrected chi connectivity index (χ4v) is 2.70. The van der Waals surface area contributed by atoms with Crippen molar-refractivity contribution < 1.29 is 9.90 Å². The van der Waals surface area contributed by atoms with E-state index in [2.05, 4.69) is 10.2 Å². The van der Waals surface area contributed by atoms with E-state index in [1.54, 1.807) is 23.6 Å². The molecule has 2 heterocycles. The van der Waals surface area contributed by atoms with Crippen molar-refractivity contribution in [3.05, 3.63) is 39.8 Å². The number of hydrogen-bond acceptors (Lipinski definition) is 4. The molecule has 114 valence electrons. The van der Waals surface area contributed by atoms with Gasteiger partial charge in [0.25, 0.3) is 5.56 Å². The summed E-state index contributed by atoms with van der Waals surface area (Å²) in [6.45, 7) is 2.74. The van der Waals surface area contributed by atoms with Crippen LogP contribution in [-0.2, 0) is 6.54 Å². The summed E-state index contributed by atoms with van der Waals surface area (Å²) in [6, 6.07) is 4.70. The normalized spacial score (nSPS) is 11.4. The van der Waals surface area contributed by atoms with Crippen LogP contribution in [0.15, 0.2) is 23.0 Å². The van der Waals surface area contributed by atoms with Crippen molar-refractivity contribution in [2.45, 2.75) is 19.9 Å². The van der Waals surface area contributed by atoms with Crippen molar-refractivity contribution in [1.29, 1.82) is 0 Å². The van der Waals surface area contributed by atoms with E-state index < -0.39 is 5.97 Å². The van der Waals surface area contributed by atoms with E-state index in [1.165, 1.54) is 6.07 Å². The third kappa shape index (κ3) is 2.06.